The number of fused-ring (bicyclic) bond motifs is 1. The second-order valence-corrected chi connectivity index (χ2v) is 19.4. The number of amides is 1. The van der Waals surface area contributed by atoms with Crippen LogP contribution in [0.5, 0.6) is 17.4 Å². The van der Waals surface area contributed by atoms with Gasteiger partial charge in [0, 0.05) is 81.1 Å². The summed E-state index contributed by atoms with van der Waals surface area (Å²) in [6.45, 7) is 9.04. The van der Waals surface area contributed by atoms with Crippen LogP contribution in [0.3, 0.4) is 0 Å². The molecular weight excluding hydrogens is 826 g/mol. The molecule has 0 atom stereocenters. The van der Waals surface area contributed by atoms with Gasteiger partial charge in [-0.3, -0.25) is 9.69 Å². The van der Waals surface area contributed by atoms with Gasteiger partial charge in [-0.1, -0.05) is 79.0 Å². The summed E-state index contributed by atoms with van der Waals surface area (Å²) in [7, 11) is -4.46. The van der Waals surface area contributed by atoms with Gasteiger partial charge in [-0.15, -0.1) is 0 Å². The first-order valence-corrected chi connectivity index (χ1v) is 22.6. The fourth-order valence-corrected chi connectivity index (χ4v) is 9.67. The van der Waals surface area contributed by atoms with E-state index in [9.17, 15) is 13.2 Å². The minimum Gasteiger partial charge on any atom is -0.473 e. The normalized spacial score (nSPS) is 18.9. The van der Waals surface area contributed by atoms with Crippen molar-refractivity contribution in [3.8, 4) is 17.4 Å². The van der Waals surface area contributed by atoms with E-state index in [1.54, 1.807) is 12.1 Å². The largest absolute Gasteiger partial charge is 0.473 e. The predicted octanol–water partition coefficient (Wildman–Crippen LogP) is 9.55. The van der Waals surface area contributed by atoms with Crippen LogP contribution in [0.1, 0.15) is 73.0 Å². The Morgan fingerprint density at radius 3 is 2.48 bits per heavy atom. The number of allylic oxidation sites excluding steroid dienone is 2. The van der Waals surface area contributed by atoms with Gasteiger partial charge < -0.3 is 19.1 Å². The van der Waals surface area contributed by atoms with Crippen molar-refractivity contribution in [3.05, 3.63) is 117 Å². The van der Waals surface area contributed by atoms with Crippen molar-refractivity contribution in [1.29, 1.82) is 0 Å². The Morgan fingerprint density at radius 2 is 1.73 bits per heavy atom. The third kappa shape index (κ3) is 9.68. The number of rotatable bonds is 12. The van der Waals surface area contributed by atoms with Crippen LogP contribution in [0, 0.1) is 5.41 Å². The van der Waals surface area contributed by atoms with Gasteiger partial charge in [0.05, 0.1) is 11.8 Å². The zero-order valence-corrected chi connectivity index (χ0v) is 36.1. The summed E-state index contributed by atoms with van der Waals surface area (Å²) in [5, 5.41) is 0.599. The predicted molar refractivity (Wildman–Crippen MR) is 234 cm³/mol. The maximum absolute atomic E-state index is 15.1. The quantitative estimate of drug-likeness (QED) is 0.149. The van der Waals surface area contributed by atoms with Gasteiger partial charge in [-0.2, -0.15) is 0 Å². The Morgan fingerprint density at radius 1 is 0.967 bits per heavy atom. The van der Waals surface area contributed by atoms with E-state index in [2.05, 4.69) is 45.5 Å². The lowest BCUT2D eigenvalue weighted by atomic mass is 9.72. The highest BCUT2D eigenvalue weighted by molar-refractivity contribution is 7.90. The van der Waals surface area contributed by atoms with Crippen molar-refractivity contribution in [2.45, 2.75) is 62.9 Å². The molecule has 0 bridgehead atoms. The van der Waals surface area contributed by atoms with E-state index in [-0.39, 0.29) is 65.2 Å². The van der Waals surface area contributed by atoms with Gasteiger partial charge in [-0.25, -0.2) is 22.5 Å². The highest BCUT2D eigenvalue weighted by atomic mass is 35.5. The zero-order chi connectivity index (χ0) is 42.1. The molecular formula is C46H49Cl2FN4O6S. The van der Waals surface area contributed by atoms with E-state index < -0.39 is 21.6 Å². The molecule has 60 heavy (non-hydrogen) atoms. The summed E-state index contributed by atoms with van der Waals surface area (Å²) >= 11 is 12.6. The van der Waals surface area contributed by atoms with Crippen LogP contribution >= 0.6 is 23.2 Å². The van der Waals surface area contributed by atoms with Crippen molar-refractivity contribution in [3.63, 3.8) is 0 Å². The molecule has 1 N–H and O–H groups in total. The van der Waals surface area contributed by atoms with Crippen LogP contribution in [-0.4, -0.2) is 82.4 Å². The highest BCUT2D eigenvalue weighted by Gasteiger charge is 2.34. The van der Waals surface area contributed by atoms with E-state index in [4.69, 9.17) is 37.4 Å². The fraction of sp³-hybridized carbons (Fsp3) is 0.391. The van der Waals surface area contributed by atoms with Crippen LogP contribution in [0.2, 0.25) is 10.0 Å². The van der Waals surface area contributed by atoms with Gasteiger partial charge in [0.15, 0.2) is 0 Å². The first kappa shape index (κ1) is 42.2. The lowest BCUT2D eigenvalue weighted by molar-refractivity contribution is -0.0331. The van der Waals surface area contributed by atoms with Gasteiger partial charge in [0.2, 0.25) is 5.88 Å². The zero-order valence-electron chi connectivity index (χ0n) is 33.8. The number of halogens is 3. The highest BCUT2D eigenvalue weighted by Crippen LogP contribution is 2.44. The molecule has 0 saturated carbocycles. The Labute approximate surface area is 361 Å². The third-order valence-electron chi connectivity index (χ3n) is 11.9. The number of anilines is 1. The molecule has 2 fully saturated rings. The van der Waals surface area contributed by atoms with Gasteiger partial charge in [0.25, 0.3) is 15.9 Å². The van der Waals surface area contributed by atoms with E-state index in [1.807, 2.05) is 48.6 Å². The van der Waals surface area contributed by atoms with E-state index >= 15 is 4.39 Å². The summed E-state index contributed by atoms with van der Waals surface area (Å²) in [6.07, 6.45) is 9.39. The number of pyridine rings is 1. The van der Waals surface area contributed by atoms with Gasteiger partial charge in [0.1, 0.15) is 33.7 Å². The fourth-order valence-electron chi connectivity index (χ4n) is 8.32. The van der Waals surface area contributed by atoms with Crippen LogP contribution in [0.15, 0.2) is 89.5 Å². The van der Waals surface area contributed by atoms with Crippen molar-refractivity contribution >= 4 is 56.5 Å². The summed E-state index contributed by atoms with van der Waals surface area (Å²) < 4.78 is 61.7. The monoisotopic (exact) mass is 874 g/mol. The molecule has 0 spiro atoms. The molecule has 3 heterocycles. The number of ether oxygens (including phenoxy) is 3. The number of piperazine rings is 1. The minimum atomic E-state index is -4.46. The van der Waals surface area contributed by atoms with Crippen molar-refractivity contribution in [1.82, 2.24) is 14.6 Å². The summed E-state index contributed by atoms with van der Waals surface area (Å²) in [5.41, 5.74) is 5.68. The molecule has 4 aliphatic rings. The molecule has 10 nitrogen and oxygen atoms in total. The maximum atomic E-state index is 15.1. The average molecular weight is 876 g/mol. The van der Waals surface area contributed by atoms with Crippen molar-refractivity contribution < 1.29 is 31.8 Å². The van der Waals surface area contributed by atoms with Crippen molar-refractivity contribution in [2.24, 2.45) is 5.41 Å². The molecule has 14 heteroatoms. The Hall–Kier alpha value is -4.46. The number of hydrogen-bond acceptors (Lipinski definition) is 9. The molecule has 3 aromatic carbocycles. The number of aromatic nitrogens is 1. The maximum Gasteiger partial charge on any atom is 0.268 e. The number of benzene rings is 3. The second-order valence-electron chi connectivity index (χ2n) is 16.9. The number of sulfonamides is 1. The molecule has 1 aromatic heterocycles. The minimum absolute atomic E-state index is 0.0335. The lowest BCUT2D eigenvalue weighted by Gasteiger charge is -2.39. The molecule has 2 aliphatic heterocycles. The standard InChI is InChI=1S/C46H49Cl2FN4O6S/c1-45(2)16-15-33(39(27-45)32-9-11-34(47)12-10-32)29-52-19-21-53(22-20-52)35-13-14-38(42(25-35)59-41-8-4-6-31-5-3-7-37(31)41)43(54)51-60(55,56)36-26-40(48)44(50-28-36)58-30-46(49)17-23-57-24-18-46/h3-4,6-14,25-26,28H,5,15-24,27,29-30H2,1-2H3,(H,51,54). The number of nitrogens with zero attached hydrogens (tertiary/aromatic N) is 3. The van der Waals surface area contributed by atoms with Crippen LogP contribution in [0.4, 0.5) is 10.1 Å². The third-order valence-corrected chi connectivity index (χ3v) is 13.7. The topological polar surface area (TPSA) is 110 Å². The molecule has 0 unspecified atom stereocenters. The number of carbonyl (C=O) groups excluding carboxylic acids is 1. The molecule has 316 valence electrons. The summed E-state index contributed by atoms with van der Waals surface area (Å²) in [6, 6.07) is 20.3. The number of nitrogens with one attached hydrogen (secondary N) is 1. The molecule has 8 rings (SSSR count). The Bertz CT molecular complexity index is 2430. The smallest absolute Gasteiger partial charge is 0.268 e. The molecule has 2 saturated heterocycles. The molecule has 4 aromatic rings. The van der Waals surface area contributed by atoms with E-state index in [1.165, 1.54) is 16.7 Å². The second kappa shape index (κ2) is 17.5. The van der Waals surface area contributed by atoms with Gasteiger partial charge >= 0.3 is 0 Å². The molecule has 2 aliphatic carbocycles. The van der Waals surface area contributed by atoms with Crippen LogP contribution in [0.25, 0.3) is 11.6 Å². The van der Waals surface area contributed by atoms with Crippen LogP contribution in [-0.2, 0) is 21.2 Å². The summed E-state index contributed by atoms with van der Waals surface area (Å²) in [4.78, 5) is 22.4. The molecule has 0 radical (unpaired) electrons. The first-order valence-electron chi connectivity index (χ1n) is 20.4. The van der Waals surface area contributed by atoms with E-state index in [0.717, 1.165) is 92.5 Å². The average Bonchev–Trinajstić information content (AvgIpc) is 3.72. The summed E-state index contributed by atoms with van der Waals surface area (Å²) in [5.74, 6) is -0.227. The van der Waals surface area contributed by atoms with Crippen molar-refractivity contribution in [2.75, 3.05) is 57.4 Å². The Kier molecular flexibility index (Phi) is 12.3. The first-order chi connectivity index (χ1) is 28.7. The SMILES string of the molecule is CC1(C)CCC(CN2CCN(c3ccc(C(=O)NS(=O)(=O)c4cnc(OCC5(F)CCOCC5)c(Cl)c4)c(Oc4cccc5c4C=CC5)c3)CC2)=C(c2ccc(Cl)cc2)C1. The van der Waals surface area contributed by atoms with Gasteiger partial charge in [-0.05, 0) is 84.2 Å². The lowest BCUT2D eigenvalue weighted by Crippen LogP contribution is -2.47. The van der Waals surface area contributed by atoms with E-state index in [0.29, 0.717) is 5.75 Å². The number of carbonyl (C=O) groups is 1. The molecule has 1 amide bonds. The Balaban J connectivity index is 0.991. The number of alkyl halides is 1. The number of hydrogen-bond donors (Lipinski definition) is 1. The van der Waals surface area contributed by atoms with Crippen LogP contribution < -0.4 is 19.1 Å².